The van der Waals surface area contributed by atoms with Gasteiger partial charge in [-0.2, -0.15) is 0 Å². The number of benzene rings is 1. The van der Waals surface area contributed by atoms with E-state index < -0.39 is 0 Å². The van der Waals surface area contributed by atoms with E-state index in [0.29, 0.717) is 13.0 Å². The third-order valence-corrected chi connectivity index (χ3v) is 3.80. The minimum absolute atomic E-state index is 0.256. The molecule has 3 N–H and O–H groups in total. The normalized spacial score (nSPS) is 18.8. The Labute approximate surface area is 117 Å². The van der Waals surface area contributed by atoms with Crippen LogP contribution in [0.15, 0.2) is 30.5 Å². The Balaban J connectivity index is 1.86. The van der Waals surface area contributed by atoms with E-state index in [1.54, 1.807) is 0 Å². The van der Waals surface area contributed by atoms with Gasteiger partial charge in [-0.1, -0.05) is 24.3 Å². The molecule has 0 saturated carbocycles. The standard InChI is InChI=1S/C15H18N4O/c1-10-17-7-13(18-10)9-19-8-12-5-3-2-4-11(12)6-14(19)15(16)20/h2-5,7,14H,6,8-9H2,1H3,(H2,16,20)(H,17,18). The summed E-state index contributed by atoms with van der Waals surface area (Å²) in [5.41, 5.74) is 9.06. The lowest BCUT2D eigenvalue weighted by Gasteiger charge is -2.34. The number of hydrogen-bond donors (Lipinski definition) is 2. The Morgan fingerprint density at radius 1 is 1.45 bits per heavy atom. The van der Waals surface area contributed by atoms with Gasteiger partial charge in [0.15, 0.2) is 0 Å². The molecule has 104 valence electrons. The molecule has 1 aliphatic heterocycles. The maximum Gasteiger partial charge on any atom is 0.235 e. The summed E-state index contributed by atoms with van der Waals surface area (Å²) in [7, 11) is 0. The van der Waals surface area contributed by atoms with Crippen molar-refractivity contribution in [3.05, 3.63) is 53.1 Å². The number of aromatic amines is 1. The number of amides is 1. The summed E-state index contributed by atoms with van der Waals surface area (Å²) in [5.74, 6) is 0.615. The number of H-pyrrole nitrogens is 1. The first-order valence-electron chi connectivity index (χ1n) is 6.74. The highest BCUT2D eigenvalue weighted by atomic mass is 16.1. The van der Waals surface area contributed by atoms with Gasteiger partial charge in [-0.05, 0) is 24.5 Å². The third kappa shape index (κ3) is 2.44. The Morgan fingerprint density at radius 3 is 2.85 bits per heavy atom. The van der Waals surface area contributed by atoms with Crippen molar-refractivity contribution >= 4 is 5.91 Å². The lowest BCUT2D eigenvalue weighted by Crippen LogP contribution is -2.48. The van der Waals surface area contributed by atoms with Gasteiger partial charge in [0.2, 0.25) is 5.91 Å². The molecular weight excluding hydrogens is 252 g/mol. The van der Waals surface area contributed by atoms with E-state index in [4.69, 9.17) is 5.73 Å². The Hall–Kier alpha value is -2.14. The molecule has 3 rings (SSSR count). The van der Waals surface area contributed by atoms with Gasteiger partial charge >= 0.3 is 0 Å². The number of fused-ring (bicyclic) bond motifs is 1. The molecule has 0 radical (unpaired) electrons. The number of carbonyl (C=O) groups is 1. The van der Waals surface area contributed by atoms with Crippen LogP contribution < -0.4 is 5.73 Å². The molecule has 1 aliphatic rings. The lowest BCUT2D eigenvalue weighted by atomic mass is 9.93. The number of nitrogens with one attached hydrogen (secondary N) is 1. The van der Waals surface area contributed by atoms with E-state index >= 15 is 0 Å². The molecule has 0 aliphatic carbocycles. The van der Waals surface area contributed by atoms with Crippen LogP contribution in [0.2, 0.25) is 0 Å². The van der Waals surface area contributed by atoms with E-state index in [-0.39, 0.29) is 11.9 Å². The van der Waals surface area contributed by atoms with Gasteiger partial charge in [0.1, 0.15) is 5.82 Å². The Bertz CT molecular complexity index is 634. The molecule has 5 heteroatoms. The van der Waals surface area contributed by atoms with Crippen LogP contribution in [-0.4, -0.2) is 26.8 Å². The summed E-state index contributed by atoms with van der Waals surface area (Å²) in [6, 6.07) is 7.96. The van der Waals surface area contributed by atoms with E-state index in [1.165, 1.54) is 11.1 Å². The third-order valence-electron chi connectivity index (χ3n) is 3.80. The van der Waals surface area contributed by atoms with Crippen molar-refractivity contribution in [1.29, 1.82) is 0 Å². The second kappa shape index (κ2) is 5.09. The van der Waals surface area contributed by atoms with Crippen molar-refractivity contribution in [1.82, 2.24) is 14.9 Å². The van der Waals surface area contributed by atoms with E-state index in [2.05, 4.69) is 27.0 Å². The topological polar surface area (TPSA) is 75.0 Å². The molecule has 0 saturated heterocycles. The molecule has 1 aromatic heterocycles. The molecule has 20 heavy (non-hydrogen) atoms. The number of rotatable bonds is 3. The minimum atomic E-state index is -0.268. The quantitative estimate of drug-likeness (QED) is 0.878. The van der Waals surface area contributed by atoms with Crippen molar-refractivity contribution in [2.75, 3.05) is 0 Å². The van der Waals surface area contributed by atoms with E-state index in [1.807, 2.05) is 25.3 Å². The molecule has 0 bridgehead atoms. The summed E-state index contributed by atoms with van der Waals surface area (Å²) in [6.07, 6.45) is 2.49. The highest BCUT2D eigenvalue weighted by molar-refractivity contribution is 5.80. The van der Waals surface area contributed by atoms with E-state index in [0.717, 1.165) is 18.1 Å². The van der Waals surface area contributed by atoms with Crippen molar-refractivity contribution in [3.63, 3.8) is 0 Å². The molecule has 2 heterocycles. The van der Waals surface area contributed by atoms with Crippen molar-refractivity contribution in [2.45, 2.75) is 32.5 Å². The lowest BCUT2D eigenvalue weighted by molar-refractivity contribution is -0.124. The number of primary amides is 1. The van der Waals surface area contributed by atoms with Crippen LogP contribution in [0.3, 0.4) is 0 Å². The number of aromatic nitrogens is 2. The van der Waals surface area contributed by atoms with Crippen LogP contribution in [-0.2, 0) is 24.3 Å². The molecule has 1 unspecified atom stereocenters. The fourth-order valence-corrected chi connectivity index (χ4v) is 2.79. The largest absolute Gasteiger partial charge is 0.368 e. The molecular formula is C15H18N4O. The number of imidazole rings is 1. The Kier molecular flexibility index (Phi) is 3.28. The molecule has 1 amide bonds. The van der Waals surface area contributed by atoms with Crippen molar-refractivity contribution in [2.24, 2.45) is 5.73 Å². The first-order chi connectivity index (χ1) is 9.63. The average molecular weight is 270 g/mol. The second-order valence-corrected chi connectivity index (χ2v) is 5.29. The van der Waals surface area contributed by atoms with Crippen LogP contribution >= 0.6 is 0 Å². The van der Waals surface area contributed by atoms with Crippen LogP contribution in [0.25, 0.3) is 0 Å². The fourth-order valence-electron chi connectivity index (χ4n) is 2.79. The predicted octanol–water partition coefficient (Wildman–Crippen LogP) is 1.13. The van der Waals surface area contributed by atoms with Crippen LogP contribution in [0, 0.1) is 6.92 Å². The molecule has 2 aromatic rings. The average Bonchev–Trinajstić information content (AvgIpc) is 2.83. The maximum atomic E-state index is 11.7. The summed E-state index contributed by atoms with van der Waals surface area (Å²) < 4.78 is 0. The molecule has 1 atom stereocenters. The van der Waals surface area contributed by atoms with Gasteiger partial charge < -0.3 is 10.7 Å². The number of aryl methyl sites for hydroxylation is 1. The second-order valence-electron chi connectivity index (χ2n) is 5.29. The predicted molar refractivity (Wildman–Crippen MR) is 75.7 cm³/mol. The maximum absolute atomic E-state index is 11.7. The summed E-state index contributed by atoms with van der Waals surface area (Å²) >= 11 is 0. The first-order valence-corrected chi connectivity index (χ1v) is 6.74. The summed E-state index contributed by atoms with van der Waals surface area (Å²) in [4.78, 5) is 21.2. The van der Waals surface area contributed by atoms with Gasteiger partial charge in [0.25, 0.3) is 0 Å². The summed E-state index contributed by atoms with van der Waals surface area (Å²) in [6.45, 7) is 3.31. The summed E-state index contributed by atoms with van der Waals surface area (Å²) in [5, 5.41) is 0. The van der Waals surface area contributed by atoms with Crippen molar-refractivity contribution < 1.29 is 4.79 Å². The zero-order chi connectivity index (χ0) is 14.1. The number of carbonyl (C=O) groups excluding carboxylic acids is 1. The van der Waals surface area contributed by atoms with Crippen LogP contribution in [0.1, 0.15) is 22.6 Å². The zero-order valence-electron chi connectivity index (χ0n) is 11.5. The molecule has 0 spiro atoms. The van der Waals surface area contributed by atoms with Gasteiger partial charge in [-0.15, -0.1) is 0 Å². The van der Waals surface area contributed by atoms with Gasteiger partial charge in [-0.25, -0.2) is 4.98 Å². The first kappa shape index (κ1) is 12.9. The molecule has 0 fully saturated rings. The highest BCUT2D eigenvalue weighted by Crippen LogP contribution is 2.24. The smallest absolute Gasteiger partial charge is 0.235 e. The fraction of sp³-hybridized carbons (Fsp3) is 0.333. The van der Waals surface area contributed by atoms with E-state index in [9.17, 15) is 4.79 Å². The van der Waals surface area contributed by atoms with Gasteiger partial charge in [0.05, 0.1) is 6.04 Å². The van der Waals surface area contributed by atoms with Crippen LogP contribution in [0.4, 0.5) is 0 Å². The SMILES string of the molecule is Cc1ncc(CN2Cc3ccccc3CC2C(N)=O)[nH]1. The van der Waals surface area contributed by atoms with Gasteiger partial charge in [-0.3, -0.25) is 9.69 Å². The minimum Gasteiger partial charge on any atom is -0.368 e. The number of hydrogen-bond acceptors (Lipinski definition) is 3. The van der Waals surface area contributed by atoms with Crippen LogP contribution in [0.5, 0.6) is 0 Å². The van der Waals surface area contributed by atoms with Gasteiger partial charge in [0, 0.05) is 25.0 Å². The highest BCUT2D eigenvalue weighted by Gasteiger charge is 2.30. The number of nitrogens with two attached hydrogens (primary N) is 1. The monoisotopic (exact) mass is 270 g/mol. The Morgan fingerprint density at radius 2 is 2.20 bits per heavy atom. The molecule has 1 aromatic carbocycles. The van der Waals surface area contributed by atoms with Crippen molar-refractivity contribution in [3.8, 4) is 0 Å². The molecule has 5 nitrogen and oxygen atoms in total. The zero-order valence-corrected chi connectivity index (χ0v) is 11.5. The number of nitrogens with zero attached hydrogens (tertiary/aromatic N) is 2.